The Morgan fingerprint density at radius 2 is 2.37 bits per heavy atom. The minimum atomic E-state index is -3.86. The first-order valence-corrected chi connectivity index (χ1v) is 8.28. The standard InChI is InChI=1S/C10H15N3O4S2/c1-3-8-11-4-9(12-8)19(16,17)13-6(2)18-5-7(13)10(14)15/h4,6-7H,3,5H2,1-2H3,(H,11,12)(H,14,15). The molecule has 2 rings (SSSR count). The van der Waals surface area contributed by atoms with Crippen molar-refractivity contribution in [3.05, 3.63) is 12.0 Å². The summed E-state index contributed by atoms with van der Waals surface area (Å²) in [5.74, 6) is -0.314. The molecule has 1 fully saturated rings. The molecule has 0 aromatic carbocycles. The van der Waals surface area contributed by atoms with Crippen molar-refractivity contribution < 1.29 is 18.3 Å². The van der Waals surface area contributed by atoms with Crippen LogP contribution in [0.25, 0.3) is 0 Å². The largest absolute Gasteiger partial charge is 0.480 e. The van der Waals surface area contributed by atoms with Gasteiger partial charge in [-0.15, -0.1) is 11.8 Å². The van der Waals surface area contributed by atoms with Crippen molar-refractivity contribution in [3.8, 4) is 0 Å². The number of aliphatic carboxylic acids is 1. The fourth-order valence-electron chi connectivity index (χ4n) is 1.94. The average molecular weight is 305 g/mol. The third kappa shape index (κ3) is 2.49. The van der Waals surface area contributed by atoms with Gasteiger partial charge in [0.2, 0.25) is 0 Å². The summed E-state index contributed by atoms with van der Waals surface area (Å²) in [6.07, 6.45) is 1.82. The highest BCUT2D eigenvalue weighted by atomic mass is 32.2. The zero-order chi connectivity index (χ0) is 14.2. The van der Waals surface area contributed by atoms with Gasteiger partial charge in [-0.05, 0) is 6.92 Å². The molecule has 2 unspecified atom stereocenters. The van der Waals surface area contributed by atoms with Crippen LogP contribution in [0.5, 0.6) is 0 Å². The molecular formula is C10H15N3O4S2. The molecule has 7 nitrogen and oxygen atoms in total. The lowest BCUT2D eigenvalue weighted by molar-refractivity contribution is -0.140. The predicted molar refractivity (Wildman–Crippen MR) is 70.3 cm³/mol. The van der Waals surface area contributed by atoms with Crippen LogP contribution < -0.4 is 0 Å². The minimum Gasteiger partial charge on any atom is -0.480 e. The van der Waals surface area contributed by atoms with Crippen molar-refractivity contribution in [1.29, 1.82) is 0 Å². The van der Waals surface area contributed by atoms with E-state index in [0.717, 1.165) is 4.31 Å². The summed E-state index contributed by atoms with van der Waals surface area (Å²) in [7, 11) is -3.86. The smallest absolute Gasteiger partial charge is 0.322 e. The van der Waals surface area contributed by atoms with Gasteiger partial charge in [-0.2, -0.15) is 4.31 Å². The highest BCUT2D eigenvalue weighted by Gasteiger charge is 2.45. The molecule has 2 atom stereocenters. The number of aromatic nitrogens is 2. The first kappa shape index (κ1) is 14.4. The molecule has 0 saturated carbocycles. The molecule has 2 N–H and O–H groups in total. The van der Waals surface area contributed by atoms with E-state index >= 15 is 0 Å². The summed E-state index contributed by atoms with van der Waals surface area (Å²) < 4.78 is 26.0. The Morgan fingerprint density at radius 3 is 2.89 bits per heavy atom. The van der Waals surface area contributed by atoms with E-state index in [1.807, 2.05) is 6.92 Å². The minimum absolute atomic E-state index is 0.0510. The maximum absolute atomic E-state index is 12.5. The monoisotopic (exact) mass is 305 g/mol. The Bertz CT molecular complexity index is 583. The molecule has 2 heterocycles. The molecule has 0 aliphatic carbocycles. The number of hydrogen-bond acceptors (Lipinski definition) is 5. The zero-order valence-electron chi connectivity index (χ0n) is 10.5. The van der Waals surface area contributed by atoms with E-state index in [0.29, 0.717) is 12.2 Å². The van der Waals surface area contributed by atoms with Crippen LogP contribution in [0.2, 0.25) is 0 Å². The number of rotatable bonds is 4. The molecule has 1 aromatic heterocycles. The number of carboxylic acid groups (broad SMARTS) is 1. The Kier molecular flexibility index (Phi) is 3.88. The van der Waals surface area contributed by atoms with Crippen molar-refractivity contribution in [2.45, 2.75) is 36.7 Å². The number of imidazole rings is 1. The molecule has 1 saturated heterocycles. The van der Waals surface area contributed by atoms with Crippen LogP contribution in [-0.2, 0) is 21.2 Å². The lowest BCUT2D eigenvalue weighted by atomic mass is 10.3. The van der Waals surface area contributed by atoms with E-state index in [1.165, 1.54) is 18.0 Å². The van der Waals surface area contributed by atoms with Gasteiger partial charge in [0.05, 0.1) is 11.6 Å². The Morgan fingerprint density at radius 1 is 1.68 bits per heavy atom. The van der Waals surface area contributed by atoms with Gasteiger partial charge in [-0.3, -0.25) is 4.79 Å². The summed E-state index contributed by atoms with van der Waals surface area (Å²) in [5, 5.41) is 8.66. The number of carboxylic acids is 1. The van der Waals surface area contributed by atoms with Crippen LogP contribution in [0.15, 0.2) is 11.2 Å². The summed E-state index contributed by atoms with van der Waals surface area (Å²) in [6, 6.07) is -1.03. The van der Waals surface area contributed by atoms with Gasteiger partial charge >= 0.3 is 5.97 Å². The van der Waals surface area contributed by atoms with E-state index in [9.17, 15) is 13.2 Å². The summed E-state index contributed by atoms with van der Waals surface area (Å²) in [6.45, 7) is 3.53. The van der Waals surface area contributed by atoms with Crippen molar-refractivity contribution in [2.75, 3.05) is 5.75 Å². The maximum Gasteiger partial charge on any atom is 0.322 e. The van der Waals surface area contributed by atoms with Crippen LogP contribution in [0.3, 0.4) is 0 Å². The van der Waals surface area contributed by atoms with Gasteiger partial charge in [-0.25, -0.2) is 13.4 Å². The number of nitrogens with one attached hydrogen (secondary N) is 1. The highest BCUT2D eigenvalue weighted by Crippen LogP contribution is 2.33. The van der Waals surface area contributed by atoms with E-state index < -0.39 is 27.4 Å². The van der Waals surface area contributed by atoms with Crippen molar-refractivity contribution in [3.63, 3.8) is 0 Å². The summed E-state index contributed by atoms with van der Waals surface area (Å²) in [5.41, 5.74) is 0. The third-order valence-electron chi connectivity index (χ3n) is 2.94. The molecule has 9 heteroatoms. The van der Waals surface area contributed by atoms with E-state index in [-0.39, 0.29) is 10.8 Å². The lowest BCUT2D eigenvalue weighted by Crippen LogP contribution is -2.44. The molecule has 1 aliphatic heterocycles. The number of thioether (sulfide) groups is 1. The normalized spacial score (nSPS) is 24.7. The van der Waals surface area contributed by atoms with E-state index in [1.54, 1.807) is 6.92 Å². The molecule has 1 aliphatic rings. The molecular weight excluding hydrogens is 290 g/mol. The van der Waals surface area contributed by atoms with Crippen LogP contribution in [-0.4, -0.2) is 50.9 Å². The molecule has 0 amide bonds. The topological polar surface area (TPSA) is 103 Å². The highest BCUT2D eigenvalue weighted by molar-refractivity contribution is 8.01. The quantitative estimate of drug-likeness (QED) is 0.840. The SMILES string of the molecule is CCc1ncc(S(=O)(=O)N2C(C)SCC2C(=O)O)[nH]1. The Labute approximate surface area is 115 Å². The van der Waals surface area contributed by atoms with Gasteiger partial charge in [0, 0.05) is 12.2 Å². The van der Waals surface area contributed by atoms with Crippen LogP contribution in [0, 0.1) is 0 Å². The first-order valence-electron chi connectivity index (χ1n) is 5.79. The fourth-order valence-corrected chi connectivity index (χ4v) is 5.17. The number of H-pyrrole nitrogens is 1. The fraction of sp³-hybridized carbons (Fsp3) is 0.600. The second kappa shape index (κ2) is 5.14. The van der Waals surface area contributed by atoms with Crippen molar-refractivity contribution >= 4 is 27.8 Å². The van der Waals surface area contributed by atoms with Gasteiger partial charge in [0.15, 0.2) is 5.03 Å². The number of carbonyl (C=O) groups is 1. The third-order valence-corrected chi connectivity index (χ3v) is 6.18. The molecule has 0 bridgehead atoms. The summed E-state index contributed by atoms with van der Waals surface area (Å²) in [4.78, 5) is 17.8. The number of hydrogen-bond donors (Lipinski definition) is 2. The number of nitrogens with zero attached hydrogens (tertiary/aromatic N) is 2. The van der Waals surface area contributed by atoms with Crippen LogP contribution >= 0.6 is 11.8 Å². The Balaban J connectivity index is 2.40. The average Bonchev–Trinajstić information content (AvgIpc) is 2.94. The zero-order valence-corrected chi connectivity index (χ0v) is 12.2. The number of sulfonamides is 1. The second-order valence-electron chi connectivity index (χ2n) is 4.17. The Hall–Kier alpha value is -1.06. The van der Waals surface area contributed by atoms with Gasteiger partial charge in [0.25, 0.3) is 10.0 Å². The van der Waals surface area contributed by atoms with Crippen molar-refractivity contribution in [1.82, 2.24) is 14.3 Å². The van der Waals surface area contributed by atoms with Crippen LogP contribution in [0.1, 0.15) is 19.7 Å². The van der Waals surface area contributed by atoms with Gasteiger partial charge in [-0.1, -0.05) is 6.92 Å². The molecule has 0 radical (unpaired) electrons. The van der Waals surface area contributed by atoms with Crippen LogP contribution in [0.4, 0.5) is 0 Å². The predicted octanol–water partition coefficient (Wildman–Crippen LogP) is 0.509. The molecule has 0 spiro atoms. The van der Waals surface area contributed by atoms with Gasteiger partial charge < -0.3 is 10.1 Å². The number of aryl methyl sites for hydroxylation is 1. The second-order valence-corrected chi connectivity index (χ2v) is 7.33. The van der Waals surface area contributed by atoms with E-state index in [2.05, 4.69) is 9.97 Å². The lowest BCUT2D eigenvalue weighted by Gasteiger charge is -2.23. The molecule has 19 heavy (non-hydrogen) atoms. The van der Waals surface area contributed by atoms with Gasteiger partial charge in [0.1, 0.15) is 11.9 Å². The molecule has 1 aromatic rings. The van der Waals surface area contributed by atoms with E-state index in [4.69, 9.17) is 5.11 Å². The molecule has 106 valence electrons. The maximum atomic E-state index is 12.5. The first-order chi connectivity index (χ1) is 8.87. The number of aromatic amines is 1. The summed E-state index contributed by atoms with van der Waals surface area (Å²) >= 11 is 1.31. The van der Waals surface area contributed by atoms with Crippen molar-refractivity contribution in [2.24, 2.45) is 0 Å².